The zero-order valence-electron chi connectivity index (χ0n) is 17.1. The van der Waals surface area contributed by atoms with Gasteiger partial charge in [0.25, 0.3) is 5.91 Å². The van der Waals surface area contributed by atoms with Gasteiger partial charge in [0.15, 0.2) is 0 Å². The predicted octanol–water partition coefficient (Wildman–Crippen LogP) is 5.00. The summed E-state index contributed by atoms with van der Waals surface area (Å²) in [5.41, 5.74) is 3.08. The van der Waals surface area contributed by atoms with Gasteiger partial charge in [-0.15, -0.1) is 11.3 Å². The fourth-order valence-corrected chi connectivity index (χ4v) is 5.16. The van der Waals surface area contributed by atoms with Crippen molar-refractivity contribution in [3.8, 4) is 6.07 Å². The first kappa shape index (κ1) is 20.8. The van der Waals surface area contributed by atoms with Crippen molar-refractivity contribution in [1.82, 2.24) is 5.32 Å². The lowest BCUT2D eigenvalue weighted by Crippen LogP contribution is -2.31. The van der Waals surface area contributed by atoms with E-state index >= 15 is 0 Å². The maximum Gasteiger partial charge on any atom is 0.251 e. The molecule has 0 spiro atoms. The highest BCUT2D eigenvalue weighted by atomic mass is 32.1. The molecule has 0 saturated heterocycles. The zero-order valence-corrected chi connectivity index (χ0v) is 17.9. The number of thiophene rings is 1. The fraction of sp³-hybridized carbons (Fsp3) is 0.240. The van der Waals surface area contributed by atoms with E-state index in [0.717, 1.165) is 36.8 Å². The number of benzene rings is 2. The average molecular weight is 430 g/mol. The van der Waals surface area contributed by atoms with Gasteiger partial charge in [-0.05, 0) is 48.9 Å². The van der Waals surface area contributed by atoms with Crippen molar-refractivity contribution in [2.24, 2.45) is 0 Å². The van der Waals surface area contributed by atoms with E-state index in [1.165, 1.54) is 16.2 Å². The molecule has 2 aromatic carbocycles. The van der Waals surface area contributed by atoms with E-state index in [1.54, 1.807) is 24.3 Å². The lowest BCUT2D eigenvalue weighted by Gasteiger charge is -2.19. The summed E-state index contributed by atoms with van der Waals surface area (Å²) in [6.45, 7) is 0. The molecule has 2 amide bonds. The van der Waals surface area contributed by atoms with Crippen LogP contribution in [0.1, 0.15) is 57.2 Å². The van der Waals surface area contributed by atoms with E-state index in [-0.39, 0.29) is 18.2 Å². The summed E-state index contributed by atoms with van der Waals surface area (Å²) in [5.74, 6) is -0.455. The summed E-state index contributed by atoms with van der Waals surface area (Å²) in [5, 5.41) is 16.2. The Labute approximate surface area is 185 Å². The molecule has 6 heteroatoms. The molecule has 5 nitrogen and oxygen atoms in total. The summed E-state index contributed by atoms with van der Waals surface area (Å²) in [7, 11) is 0. The van der Waals surface area contributed by atoms with Gasteiger partial charge in [0.2, 0.25) is 5.91 Å². The molecule has 1 aromatic heterocycles. The molecule has 156 valence electrons. The van der Waals surface area contributed by atoms with Gasteiger partial charge in [-0.25, -0.2) is 0 Å². The minimum Gasteiger partial charge on any atom is -0.345 e. The van der Waals surface area contributed by atoms with Crippen molar-refractivity contribution in [3.05, 3.63) is 87.8 Å². The van der Waals surface area contributed by atoms with Gasteiger partial charge in [0, 0.05) is 10.4 Å². The van der Waals surface area contributed by atoms with Crippen LogP contribution in [0.3, 0.4) is 0 Å². The molecule has 31 heavy (non-hydrogen) atoms. The van der Waals surface area contributed by atoms with Crippen LogP contribution < -0.4 is 10.6 Å². The predicted molar refractivity (Wildman–Crippen MR) is 122 cm³/mol. The molecule has 0 fully saturated rings. The Morgan fingerprint density at radius 2 is 1.68 bits per heavy atom. The van der Waals surface area contributed by atoms with Crippen molar-refractivity contribution in [1.29, 1.82) is 5.26 Å². The van der Waals surface area contributed by atoms with Gasteiger partial charge in [0.05, 0.1) is 18.0 Å². The number of fused-ring (bicyclic) bond motifs is 1. The number of nitrogens with zero attached hydrogens (tertiary/aromatic N) is 1. The van der Waals surface area contributed by atoms with E-state index in [1.807, 2.05) is 36.4 Å². The topological polar surface area (TPSA) is 82.0 Å². The second-order valence-corrected chi connectivity index (χ2v) is 8.69. The van der Waals surface area contributed by atoms with Gasteiger partial charge in [0.1, 0.15) is 11.1 Å². The van der Waals surface area contributed by atoms with Crippen molar-refractivity contribution >= 4 is 28.2 Å². The van der Waals surface area contributed by atoms with Crippen LogP contribution >= 0.6 is 11.3 Å². The Bertz CT molecular complexity index is 1120. The molecule has 0 bridgehead atoms. The van der Waals surface area contributed by atoms with Gasteiger partial charge in [-0.1, -0.05) is 48.5 Å². The van der Waals surface area contributed by atoms with Crippen molar-refractivity contribution < 1.29 is 9.59 Å². The van der Waals surface area contributed by atoms with E-state index in [4.69, 9.17) is 0 Å². The number of amides is 2. The van der Waals surface area contributed by atoms with Crippen LogP contribution in [0.4, 0.5) is 5.00 Å². The smallest absolute Gasteiger partial charge is 0.251 e. The number of carbonyl (C=O) groups is 2. The van der Waals surface area contributed by atoms with Gasteiger partial charge in [-0.3, -0.25) is 9.59 Å². The molecule has 2 N–H and O–H groups in total. The van der Waals surface area contributed by atoms with Crippen LogP contribution in [0, 0.1) is 11.3 Å². The van der Waals surface area contributed by atoms with Crippen LogP contribution in [0.2, 0.25) is 0 Å². The number of hydrogen-bond donors (Lipinski definition) is 2. The Morgan fingerprint density at radius 1 is 1.00 bits per heavy atom. The minimum absolute atomic E-state index is 0.0794. The lowest BCUT2D eigenvalue weighted by molar-refractivity contribution is -0.116. The standard InChI is InChI=1S/C25H23N3O2S/c26-16-20-19-13-7-8-14-22(19)31-25(20)28-23(29)15-21(17-9-3-1-4-10-17)27-24(30)18-11-5-2-6-12-18/h1-6,9-12,21H,7-8,13-15H2,(H,27,30)(H,28,29). The van der Waals surface area contributed by atoms with Crippen LogP contribution in [0.5, 0.6) is 0 Å². The molecule has 1 aliphatic carbocycles. The summed E-state index contributed by atoms with van der Waals surface area (Å²) in [4.78, 5) is 26.9. The number of anilines is 1. The van der Waals surface area contributed by atoms with Gasteiger partial charge >= 0.3 is 0 Å². The average Bonchev–Trinajstić information content (AvgIpc) is 3.16. The maximum absolute atomic E-state index is 12.9. The third kappa shape index (κ3) is 4.84. The normalized spacial score (nSPS) is 13.5. The second-order valence-electron chi connectivity index (χ2n) is 7.58. The summed E-state index contributed by atoms with van der Waals surface area (Å²) in [6.07, 6.45) is 4.13. The largest absolute Gasteiger partial charge is 0.345 e. The molecule has 0 saturated carbocycles. The summed E-state index contributed by atoms with van der Waals surface area (Å²) in [6, 6.07) is 20.2. The van der Waals surface area contributed by atoms with E-state index in [2.05, 4.69) is 16.7 Å². The monoisotopic (exact) mass is 429 g/mol. The maximum atomic E-state index is 12.9. The molecule has 4 rings (SSSR count). The van der Waals surface area contributed by atoms with E-state index in [0.29, 0.717) is 16.1 Å². The Kier molecular flexibility index (Phi) is 6.44. The minimum atomic E-state index is -0.478. The first-order valence-electron chi connectivity index (χ1n) is 10.4. The van der Waals surface area contributed by atoms with Crippen molar-refractivity contribution in [2.75, 3.05) is 5.32 Å². The molecule has 1 atom stereocenters. The Hall–Kier alpha value is -3.43. The number of nitriles is 1. The highest BCUT2D eigenvalue weighted by molar-refractivity contribution is 7.16. The number of rotatable bonds is 6. The molecule has 0 radical (unpaired) electrons. The Balaban J connectivity index is 1.52. The number of aryl methyl sites for hydroxylation is 1. The van der Waals surface area contributed by atoms with Crippen molar-refractivity contribution in [2.45, 2.75) is 38.1 Å². The second kappa shape index (κ2) is 9.59. The third-order valence-corrected chi connectivity index (χ3v) is 6.68. The first-order valence-corrected chi connectivity index (χ1v) is 11.2. The quantitative estimate of drug-likeness (QED) is 0.579. The van der Waals surface area contributed by atoms with Crippen LogP contribution in [-0.2, 0) is 17.6 Å². The molecule has 3 aromatic rings. The van der Waals surface area contributed by atoms with Crippen molar-refractivity contribution in [3.63, 3.8) is 0 Å². The van der Waals surface area contributed by atoms with Gasteiger partial charge < -0.3 is 10.6 Å². The molecular weight excluding hydrogens is 406 g/mol. The van der Waals surface area contributed by atoms with Crippen LogP contribution in [-0.4, -0.2) is 11.8 Å². The number of nitrogens with one attached hydrogen (secondary N) is 2. The van der Waals surface area contributed by atoms with E-state index in [9.17, 15) is 14.9 Å². The third-order valence-electron chi connectivity index (χ3n) is 5.47. The zero-order chi connectivity index (χ0) is 21.6. The molecule has 1 aliphatic rings. The van der Waals surface area contributed by atoms with Gasteiger partial charge in [-0.2, -0.15) is 5.26 Å². The van der Waals surface area contributed by atoms with E-state index < -0.39 is 6.04 Å². The first-order chi connectivity index (χ1) is 15.2. The fourth-order valence-electron chi connectivity index (χ4n) is 3.90. The highest BCUT2D eigenvalue weighted by Crippen LogP contribution is 2.37. The molecular formula is C25H23N3O2S. The number of hydrogen-bond acceptors (Lipinski definition) is 4. The SMILES string of the molecule is N#Cc1c(NC(=O)CC(NC(=O)c2ccccc2)c2ccccc2)sc2c1CCCC2. The summed E-state index contributed by atoms with van der Waals surface area (Å²) < 4.78 is 0. The van der Waals surface area contributed by atoms with Crippen LogP contribution in [0.25, 0.3) is 0 Å². The molecule has 1 unspecified atom stereocenters. The Morgan fingerprint density at radius 3 is 2.39 bits per heavy atom. The highest BCUT2D eigenvalue weighted by Gasteiger charge is 2.24. The molecule has 1 heterocycles. The van der Waals surface area contributed by atoms with Crippen LogP contribution in [0.15, 0.2) is 60.7 Å². The summed E-state index contributed by atoms with van der Waals surface area (Å²) >= 11 is 1.51. The number of carbonyl (C=O) groups excluding carboxylic acids is 2. The lowest BCUT2D eigenvalue weighted by atomic mass is 9.96. The molecule has 0 aliphatic heterocycles.